The number of fused-ring (bicyclic) bond motifs is 2. The molecular weight excluding hydrogens is 364 g/mol. The van der Waals surface area contributed by atoms with E-state index in [1.165, 1.54) is 12.8 Å². The molecule has 0 saturated carbocycles. The van der Waals surface area contributed by atoms with Crippen molar-refractivity contribution < 1.29 is 9.84 Å². The molecule has 2 aromatic heterocycles. The van der Waals surface area contributed by atoms with Crippen molar-refractivity contribution in [2.24, 2.45) is 0 Å². The Bertz CT molecular complexity index is 1000. The minimum atomic E-state index is 0.167. The lowest BCUT2D eigenvalue weighted by Crippen LogP contribution is -2.56. The van der Waals surface area contributed by atoms with Gasteiger partial charge in [0.2, 0.25) is 5.88 Å². The number of aromatic nitrogens is 3. The highest BCUT2D eigenvalue weighted by Gasteiger charge is 2.49. The van der Waals surface area contributed by atoms with Crippen molar-refractivity contribution in [3.8, 4) is 33.9 Å². The first-order chi connectivity index (χ1) is 13.9. The largest absolute Gasteiger partial charge is 0.507 e. The molecule has 6 heteroatoms. The maximum atomic E-state index is 10.5. The minimum absolute atomic E-state index is 0.167. The van der Waals surface area contributed by atoms with E-state index in [1.54, 1.807) is 24.7 Å². The predicted octanol–water partition coefficient (Wildman–Crippen LogP) is 4.29. The number of H-pyrrole nitrogens is 1. The number of hydrogen-bond acceptors (Lipinski definition) is 5. The Morgan fingerprint density at radius 3 is 2.38 bits per heavy atom. The van der Waals surface area contributed by atoms with Crippen molar-refractivity contribution in [3.05, 3.63) is 48.9 Å². The molecule has 2 bridgehead atoms. The van der Waals surface area contributed by atoms with Gasteiger partial charge >= 0.3 is 0 Å². The number of nitrogens with one attached hydrogen (secondary N) is 2. The van der Waals surface area contributed by atoms with Crippen molar-refractivity contribution >= 4 is 0 Å². The van der Waals surface area contributed by atoms with Gasteiger partial charge in [-0.1, -0.05) is 6.07 Å². The Hall–Kier alpha value is -2.86. The molecule has 5 rings (SSSR count). The number of nitrogens with zero attached hydrogens (tertiary/aromatic N) is 2. The van der Waals surface area contributed by atoms with E-state index >= 15 is 0 Å². The molecule has 0 radical (unpaired) electrons. The second-order valence-electron chi connectivity index (χ2n) is 9.00. The van der Waals surface area contributed by atoms with Crippen LogP contribution in [0.15, 0.2) is 48.9 Å². The van der Waals surface area contributed by atoms with Gasteiger partial charge in [-0.3, -0.25) is 5.10 Å². The number of piperidine rings is 1. The first-order valence-corrected chi connectivity index (χ1v) is 10.2. The van der Waals surface area contributed by atoms with Gasteiger partial charge in [0.05, 0.1) is 6.20 Å². The Morgan fingerprint density at radius 1 is 1.00 bits per heavy atom. The average Bonchev–Trinajstić information content (AvgIpc) is 3.28. The molecule has 2 aliphatic rings. The maximum Gasteiger partial charge on any atom is 0.213 e. The van der Waals surface area contributed by atoms with Crippen LogP contribution in [0.5, 0.6) is 11.6 Å². The molecule has 0 aliphatic carbocycles. The summed E-state index contributed by atoms with van der Waals surface area (Å²) >= 11 is 0. The summed E-state index contributed by atoms with van der Waals surface area (Å²) in [5.41, 5.74) is 3.79. The highest BCUT2D eigenvalue weighted by Crippen LogP contribution is 2.43. The van der Waals surface area contributed by atoms with Gasteiger partial charge in [-0.2, -0.15) is 5.10 Å². The molecule has 0 unspecified atom stereocenters. The van der Waals surface area contributed by atoms with Gasteiger partial charge in [0.1, 0.15) is 11.9 Å². The van der Waals surface area contributed by atoms with Gasteiger partial charge < -0.3 is 15.2 Å². The van der Waals surface area contributed by atoms with Gasteiger partial charge in [0, 0.05) is 59.1 Å². The Kier molecular flexibility index (Phi) is 4.13. The van der Waals surface area contributed by atoms with Crippen LogP contribution in [0.3, 0.4) is 0 Å². The maximum absolute atomic E-state index is 10.5. The van der Waals surface area contributed by atoms with Crippen LogP contribution in [0.25, 0.3) is 22.3 Å². The molecule has 150 valence electrons. The fraction of sp³-hybridized carbons (Fsp3) is 0.391. The van der Waals surface area contributed by atoms with Crippen molar-refractivity contribution in [1.29, 1.82) is 0 Å². The second-order valence-corrected chi connectivity index (χ2v) is 9.00. The van der Waals surface area contributed by atoms with Gasteiger partial charge in [0.15, 0.2) is 0 Å². The number of rotatable bonds is 4. The van der Waals surface area contributed by atoms with Crippen LogP contribution in [0.2, 0.25) is 0 Å². The van der Waals surface area contributed by atoms with E-state index in [0.29, 0.717) is 5.88 Å². The molecule has 6 nitrogen and oxygen atoms in total. The summed E-state index contributed by atoms with van der Waals surface area (Å²) in [6, 6.07) is 9.47. The molecule has 4 heterocycles. The van der Waals surface area contributed by atoms with E-state index in [4.69, 9.17) is 4.74 Å². The van der Waals surface area contributed by atoms with Gasteiger partial charge in [-0.05, 0) is 50.5 Å². The summed E-state index contributed by atoms with van der Waals surface area (Å²) in [5, 5.41) is 21.0. The number of aromatic amines is 1. The monoisotopic (exact) mass is 390 g/mol. The van der Waals surface area contributed by atoms with Crippen LogP contribution in [-0.4, -0.2) is 37.5 Å². The third-order valence-electron chi connectivity index (χ3n) is 6.35. The summed E-state index contributed by atoms with van der Waals surface area (Å²) in [6.45, 7) is 4.58. The van der Waals surface area contributed by atoms with E-state index in [0.717, 1.165) is 35.1 Å². The number of benzene rings is 1. The highest BCUT2D eigenvalue weighted by atomic mass is 16.5. The Labute approximate surface area is 170 Å². The number of aromatic hydroxyl groups is 1. The molecule has 2 aliphatic heterocycles. The van der Waals surface area contributed by atoms with E-state index < -0.39 is 0 Å². The van der Waals surface area contributed by atoms with Crippen LogP contribution in [0, 0.1) is 0 Å². The van der Waals surface area contributed by atoms with E-state index in [-0.39, 0.29) is 22.9 Å². The highest BCUT2D eigenvalue weighted by molar-refractivity contribution is 5.75. The Balaban J connectivity index is 1.32. The van der Waals surface area contributed by atoms with Crippen LogP contribution in [0.4, 0.5) is 0 Å². The Morgan fingerprint density at radius 2 is 1.76 bits per heavy atom. The molecular formula is C23H26N4O2. The van der Waals surface area contributed by atoms with Crippen LogP contribution in [0.1, 0.15) is 39.5 Å². The lowest BCUT2D eigenvalue weighted by molar-refractivity contribution is 0.0762. The summed E-state index contributed by atoms with van der Waals surface area (Å²) in [4.78, 5) is 4.51. The summed E-state index contributed by atoms with van der Waals surface area (Å²) in [6.07, 6.45) is 9.88. The van der Waals surface area contributed by atoms with Gasteiger partial charge in [-0.25, -0.2) is 4.98 Å². The molecule has 3 aromatic rings. The predicted molar refractivity (Wildman–Crippen MR) is 112 cm³/mol. The quantitative estimate of drug-likeness (QED) is 0.619. The lowest BCUT2D eigenvalue weighted by atomic mass is 9.86. The zero-order valence-corrected chi connectivity index (χ0v) is 16.8. The van der Waals surface area contributed by atoms with Crippen LogP contribution < -0.4 is 10.1 Å². The van der Waals surface area contributed by atoms with Crippen molar-refractivity contribution in [2.75, 3.05) is 0 Å². The topological polar surface area (TPSA) is 83.1 Å². The lowest BCUT2D eigenvalue weighted by Gasteiger charge is -2.41. The molecule has 1 aromatic carbocycles. The first-order valence-electron chi connectivity index (χ1n) is 10.2. The minimum Gasteiger partial charge on any atom is -0.507 e. The smallest absolute Gasteiger partial charge is 0.213 e. The van der Waals surface area contributed by atoms with E-state index in [2.05, 4.69) is 34.3 Å². The first kappa shape index (κ1) is 18.2. The summed E-state index contributed by atoms with van der Waals surface area (Å²) < 4.78 is 6.23. The van der Waals surface area contributed by atoms with E-state index in [9.17, 15) is 5.11 Å². The SMILES string of the molecule is C[C@]12CC[C@](C)(C[C@@H](Oc3ccc(-c4ccc(-c5cn[nH]c5)cc4O)cn3)C1)N2. The van der Waals surface area contributed by atoms with Gasteiger partial charge in [0.25, 0.3) is 0 Å². The molecule has 3 N–H and O–H groups in total. The molecule has 29 heavy (non-hydrogen) atoms. The molecule has 3 atom stereocenters. The standard InChI is InChI=1S/C23H26N4O2/c1-22-7-8-23(2,27-22)11-18(10-22)29-21-6-4-16(12-24-21)19-5-3-15(9-20(19)28)17-13-25-26-14-17/h3-6,9,12-14,18,27-28H,7-8,10-11H2,1-2H3,(H,25,26)/t18-,22-,23+. The fourth-order valence-corrected chi connectivity index (χ4v) is 5.02. The molecule has 2 saturated heterocycles. The van der Waals surface area contributed by atoms with Crippen LogP contribution >= 0.6 is 0 Å². The normalized spacial score (nSPS) is 28.4. The summed E-state index contributed by atoms with van der Waals surface area (Å²) in [5.74, 6) is 0.858. The van der Waals surface area contributed by atoms with Gasteiger partial charge in [-0.15, -0.1) is 0 Å². The summed E-state index contributed by atoms with van der Waals surface area (Å²) in [7, 11) is 0. The number of hydrogen-bond donors (Lipinski definition) is 3. The number of pyridine rings is 1. The van der Waals surface area contributed by atoms with Crippen molar-refractivity contribution in [1.82, 2.24) is 20.5 Å². The molecule has 2 fully saturated rings. The van der Waals surface area contributed by atoms with Crippen molar-refractivity contribution in [2.45, 2.75) is 56.7 Å². The zero-order chi connectivity index (χ0) is 20.1. The van der Waals surface area contributed by atoms with E-state index in [1.807, 2.05) is 24.3 Å². The zero-order valence-electron chi connectivity index (χ0n) is 16.8. The number of ether oxygens (including phenoxy) is 1. The second kappa shape index (κ2) is 6.59. The van der Waals surface area contributed by atoms with Crippen molar-refractivity contribution in [3.63, 3.8) is 0 Å². The molecule has 0 spiro atoms. The molecule has 0 amide bonds. The third-order valence-corrected chi connectivity index (χ3v) is 6.35. The third kappa shape index (κ3) is 3.49. The number of phenols is 1. The average molecular weight is 390 g/mol. The fourth-order valence-electron chi connectivity index (χ4n) is 5.02. The van der Waals surface area contributed by atoms with Crippen LogP contribution in [-0.2, 0) is 0 Å². The number of phenolic OH excluding ortho intramolecular Hbond substituents is 1.